The minimum atomic E-state index is -0.339. The van der Waals surface area contributed by atoms with E-state index in [9.17, 15) is 4.79 Å². The Hall–Kier alpha value is -3.58. The molecule has 8 heteroatoms. The normalized spacial score (nSPS) is 10.7. The molecule has 2 heterocycles. The maximum Gasteiger partial charge on any atom is 0.287 e. The zero-order valence-electron chi connectivity index (χ0n) is 16.3. The van der Waals surface area contributed by atoms with E-state index in [1.807, 2.05) is 66.9 Å². The third-order valence-electron chi connectivity index (χ3n) is 4.60. The first-order valence-electron chi connectivity index (χ1n) is 9.36. The van der Waals surface area contributed by atoms with Gasteiger partial charge in [0.2, 0.25) is 0 Å². The van der Waals surface area contributed by atoms with Crippen molar-refractivity contribution in [2.75, 3.05) is 12.4 Å². The fourth-order valence-corrected chi connectivity index (χ4v) is 3.19. The molecule has 0 spiro atoms. The van der Waals surface area contributed by atoms with Crippen molar-refractivity contribution in [1.29, 1.82) is 0 Å². The van der Waals surface area contributed by atoms with E-state index in [1.165, 1.54) is 4.68 Å². The Labute approximate surface area is 178 Å². The number of halogens is 1. The van der Waals surface area contributed by atoms with Gasteiger partial charge in [0.05, 0.1) is 43.5 Å². The molecule has 0 unspecified atom stereocenters. The third kappa shape index (κ3) is 4.36. The van der Waals surface area contributed by atoms with Gasteiger partial charge < -0.3 is 10.1 Å². The standard InChI is InChI=1S/C22H20ClN5O2/c1-30-19-9-7-18(8-10-19)27-12-11-17(26-27)13-24-20-14-25-28(22(29)21(20)23)15-16-5-3-2-4-6-16/h2-12,14,24H,13,15H2,1H3. The van der Waals surface area contributed by atoms with Gasteiger partial charge in [0.1, 0.15) is 10.8 Å². The number of nitrogens with zero attached hydrogens (tertiary/aromatic N) is 4. The zero-order chi connectivity index (χ0) is 20.9. The van der Waals surface area contributed by atoms with Crippen molar-refractivity contribution in [3.63, 3.8) is 0 Å². The summed E-state index contributed by atoms with van der Waals surface area (Å²) in [5.41, 5.74) is 2.84. The lowest BCUT2D eigenvalue weighted by Crippen LogP contribution is -2.24. The van der Waals surface area contributed by atoms with E-state index in [0.717, 1.165) is 22.7 Å². The Balaban J connectivity index is 1.44. The summed E-state index contributed by atoms with van der Waals surface area (Å²) in [6, 6.07) is 19.2. The quantitative estimate of drug-likeness (QED) is 0.492. The molecule has 0 atom stereocenters. The fourth-order valence-electron chi connectivity index (χ4n) is 2.98. The van der Waals surface area contributed by atoms with Gasteiger partial charge in [0, 0.05) is 6.20 Å². The number of hydrogen-bond donors (Lipinski definition) is 1. The van der Waals surface area contributed by atoms with Gasteiger partial charge in [0.15, 0.2) is 0 Å². The minimum Gasteiger partial charge on any atom is -0.497 e. The predicted octanol–water partition coefficient (Wildman–Crippen LogP) is 3.75. The number of benzene rings is 2. The average Bonchev–Trinajstić information content (AvgIpc) is 3.26. The van der Waals surface area contributed by atoms with Crippen LogP contribution in [-0.4, -0.2) is 26.7 Å². The van der Waals surface area contributed by atoms with Crippen LogP contribution in [0.1, 0.15) is 11.3 Å². The maximum atomic E-state index is 12.5. The van der Waals surface area contributed by atoms with Crippen molar-refractivity contribution in [1.82, 2.24) is 19.6 Å². The van der Waals surface area contributed by atoms with Gasteiger partial charge in [0.25, 0.3) is 5.56 Å². The van der Waals surface area contributed by atoms with Crippen LogP contribution in [0.25, 0.3) is 5.69 Å². The second-order valence-corrected chi connectivity index (χ2v) is 7.00. The van der Waals surface area contributed by atoms with Crippen LogP contribution in [0.2, 0.25) is 5.02 Å². The molecule has 0 radical (unpaired) electrons. The molecule has 0 aliphatic rings. The second-order valence-electron chi connectivity index (χ2n) is 6.62. The lowest BCUT2D eigenvalue weighted by atomic mass is 10.2. The van der Waals surface area contributed by atoms with E-state index in [0.29, 0.717) is 18.8 Å². The van der Waals surface area contributed by atoms with Crippen molar-refractivity contribution in [3.8, 4) is 11.4 Å². The summed E-state index contributed by atoms with van der Waals surface area (Å²) in [7, 11) is 1.63. The Bertz CT molecular complexity index is 1190. The van der Waals surface area contributed by atoms with Crippen LogP contribution >= 0.6 is 11.6 Å². The van der Waals surface area contributed by atoms with Gasteiger partial charge in [-0.05, 0) is 35.9 Å². The summed E-state index contributed by atoms with van der Waals surface area (Å²) in [6.07, 6.45) is 3.43. The molecule has 0 aliphatic carbocycles. The summed E-state index contributed by atoms with van der Waals surface area (Å²) in [5.74, 6) is 0.789. The van der Waals surface area contributed by atoms with Crippen LogP contribution in [0.3, 0.4) is 0 Å². The number of ether oxygens (including phenoxy) is 1. The highest BCUT2D eigenvalue weighted by molar-refractivity contribution is 6.32. The molecule has 1 N–H and O–H groups in total. The molecular weight excluding hydrogens is 402 g/mol. The number of hydrogen-bond acceptors (Lipinski definition) is 5. The number of anilines is 1. The lowest BCUT2D eigenvalue weighted by molar-refractivity contribution is 0.414. The van der Waals surface area contributed by atoms with Crippen molar-refractivity contribution >= 4 is 17.3 Å². The molecule has 0 saturated carbocycles. The van der Waals surface area contributed by atoms with E-state index in [1.54, 1.807) is 18.0 Å². The van der Waals surface area contributed by atoms with Crippen LogP contribution in [0.15, 0.2) is 77.9 Å². The monoisotopic (exact) mass is 421 g/mol. The van der Waals surface area contributed by atoms with Gasteiger partial charge in [-0.15, -0.1) is 0 Å². The van der Waals surface area contributed by atoms with Crippen LogP contribution in [0.4, 0.5) is 5.69 Å². The van der Waals surface area contributed by atoms with Crippen LogP contribution in [0, 0.1) is 0 Å². The van der Waals surface area contributed by atoms with Crippen LogP contribution in [0.5, 0.6) is 5.75 Å². The highest BCUT2D eigenvalue weighted by Crippen LogP contribution is 2.18. The lowest BCUT2D eigenvalue weighted by Gasteiger charge is -2.10. The fraction of sp³-hybridized carbons (Fsp3) is 0.136. The van der Waals surface area contributed by atoms with Crippen molar-refractivity contribution in [2.24, 2.45) is 0 Å². The van der Waals surface area contributed by atoms with E-state index in [-0.39, 0.29) is 10.6 Å². The van der Waals surface area contributed by atoms with E-state index < -0.39 is 0 Å². The van der Waals surface area contributed by atoms with Crippen molar-refractivity contribution < 1.29 is 4.74 Å². The molecule has 0 fully saturated rings. The number of methoxy groups -OCH3 is 1. The van der Waals surface area contributed by atoms with Crippen molar-refractivity contribution in [3.05, 3.63) is 99.7 Å². The number of nitrogens with one attached hydrogen (secondary N) is 1. The van der Waals surface area contributed by atoms with E-state index in [4.69, 9.17) is 16.3 Å². The Morgan fingerprint density at radius 1 is 1.07 bits per heavy atom. The molecule has 30 heavy (non-hydrogen) atoms. The second kappa shape index (κ2) is 8.84. The van der Waals surface area contributed by atoms with E-state index >= 15 is 0 Å². The summed E-state index contributed by atoms with van der Waals surface area (Å²) in [5, 5.41) is 12.0. The largest absolute Gasteiger partial charge is 0.497 e. The first kappa shape index (κ1) is 19.7. The summed E-state index contributed by atoms with van der Waals surface area (Å²) in [6.45, 7) is 0.776. The highest BCUT2D eigenvalue weighted by atomic mass is 35.5. The Morgan fingerprint density at radius 2 is 1.83 bits per heavy atom. The zero-order valence-corrected chi connectivity index (χ0v) is 17.1. The van der Waals surface area contributed by atoms with Crippen LogP contribution < -0.4 is 15.6 Å². The summed E-state index contributed by atoms with van der Waals surface area (Å²) in [4.78, 5) is 12.5. The van der Waals surface area contributed by atoms with Gasteiger partial charge in [-0.25, -0.2) is 9.36 Å². The summed E-state index contributed by atoms with van der Waals surface area (Å²) >= 11 is 6.29. The van der Waals surface area contributed by atoms with Gasteiger partial charge in [-0.3, -0.25) is 4.79 Å². The topological polar surface area (TPSA) is 74.0 Å². The Morgan fingerprint density at radius 3 is 2.57 bits per heavy atom. The molecule has 4 rings (SSSR count). The molecule has 2 aromatic carbocycles. The Kier molecular flexibility index (Phi) is 5.81. The third-order valence-corrected chi connectivity index (χ3v) is 4.97. The highest BCUT2D eigenvalue weighted by Gasteiger charge is 2.10. The minimum absolute atomic E-state index is 0.107. The van der Waals surface area contributed by atoms with E-state index in [2.05, 4.69) is 15.5 Å². The molecule has 2 aromatic heterocycles. The maximum absolute atomic E-state index is 12.5. The first-order valence-corrected chi connectivity index (χ1v) is 9.74. The smallest absolute Gasteiger partial charge is 0.287 e. The SMILES string of the molecule is COc1ccc(-n2ccc(CNc3cnn(Cc4ccccc4)c(=O)c3Cl)n2)cc1. The molecule has 0 bridgehead atoms. The molecule has 0 aliphatic heterocycles. The molecule has 0 saturated heterocycles. The van der Waals surface area contributed by atoms with Crippen LogP contribution in [-0.2, 0) is 13.1 Å². The van der Waals surface area contributed by atoms with Gasteiger partial charge in [-0.2, -0.15) is 10.2 Å². The average molecular weight is 422 g/mol. The molecule has 7 nitrogen and oxygen atoms in total. The molecule has 4 aromatic rings. The first-order chi connectivity index (χ1) is 14.6. The van der Waals surface area contributed by atoms with Gasteiger partial charge >= 0.3 is 0 Å². The number of aromatic nitrogens is 4. The van der Waals surface area contributed by atoms with Gasteiger partial charge in [-0.1, -0.05) is 41.9 Å². The predicted molar refractivity (Wildman–Crippen MR) is 116 cm³/mol. The molecule has 152 valence electrons. The van der Waals surface area contributed by atoms with Crippen molar-refractivity contribution in [2.45, 2.75) is 13.1 Å². The molecular formula is C22H20ClN5O2. The summed E-state index contributed by atoms with van der Waals surface area (Å²) < 4.78 is 8.30. The molecule has 0 amide bonds. The number of rotatable bonds is 7.